The van der Waals surface area contributed by atoms with Gasteiger partial charge in [0.1, 0.15) is 6.04 Å². The van der Waals surface area contributed by atoms with Crippen molar-refractivity contribution >= 4 is 11.9 Å². The molecular formula is C10H18N2O3. The third-order valence-electron chi connectivity index (χ3n) is 2.76. The predicted molar refractivity (Wildman–Crippen MR) is 55.5 cm³/mol. The molecule has 1 aliphatic rings. The van der Waals surface area contributed by atoms with Gasteiger partial charge in [-0.25, -0.2) is 4.79 Å². The average Bonchev–Trinajstić information content (AvgIpc) is 2.19. The molecule has 0 spiro atoms. The number of unbranched alkanes of at least 4 members (excludes halogenated alkanes) is 1. The van der Waals surface area contributed by atoms with Crippen LogP contribution in [0.5, 0.6) is 0 Å². The first-order valence-corrected chi connectivity index (χ1v) is 5.27. The van der Waals surface area contributed by atoms with Gasteiger partial charge in [-0.1, -0.05) is 13.3 Å². The predicted octanol–water partition coefficient (Wildman–Crippen LogP) is 0.0137. The minimum absolute atomic E-state index is 0.107. The number of amides is 1. The number of aliphatic carboxylic acids is 1. The minimum atomic E-state index is -0.924. The molecule has 0 radical (unpaired) electrons. The van der Waals surface area contributed by atoms with Crippen molar-refractivity contribution in [2.75, 3.05) is 26.7 Å². The van der Waals surface area contributed by atoms with E-state index in [1.165, 1.54) is 4.90 Å². The van der Waals surface area contributed by atoms with Crippen LogP contribution in [-0.4, -0.2) is 59.5 Å². The topological polar surface area (TPSA) is 60.9 Å². The van der Waals surface area contributed by atoms with E-state index < -0.39 is 12.0 Å². The second-order valence-corrected chi connectivity index (χ2v) is 3.95. The van der Waals surface area contributed by atoms with Crippen molar-refractivity contribution in [2.24, 2.45) is 0 Å². The molecule has 0 aromatic rings. The van der Waals surface area contributed by atoms with Crippen molar-refractivity contribution in [3.63, 3.8) is 0 Å². The summed E-state index contributed by atoms with van der Waals surface area (Å²) in [7, 11) is 1.55. The number of hydrogen-bond donors (Lipinski definition) is 1. The fourth-order valence-electron chi connectivity index (χ4n) is 1.70. The quantitative estimate of drug-likeness (QED) is 0.716. The summed E-state index contributed by atoms with van der Waals surface area (Å²) in [5.41, 5.74) is 0. The maximum atomic E-state index is 11.5. The van der Waals surface area contributed by atoms with Crippen molar-refractivity contribution in [1.82, 2.24) is 9.80 Å². The number of carbonyl (C=O) groups is 2. The molecule has 0 aliphatic carbocycles. The summed E-state index contributed by atoms with van der Waals surface area (Å²) in [6.07, 6.45) is 2.06. The number of rotatable bonds is 4. The number of carboxylic acids is 1. The number of piperazine rings is 1. The third-order valence-corrected chi connectivity index (χ3v) is 2.76. The summed E-state index contributed by atoms with van der Waals surface area (Å²) >= 11 is 0. The van der Waals surface area contributed by atoms with Crippen LogP contribution >= 0.6 is 0 Å². The van der Waals surface area contributed by atoms with Crippen LogP contribution in [0, 0.1) is 0 Å². The molecule has 1 amide bonds. The second kappa shape index (κ2) is 5.11. The smallest absolute Gasteiger partial charge is 0.327 e. The first-order chi connectivity index (χ1) is 7.06. The molecule has 5 nitrogen and oxygen atoms in total. The maximum absolute atomic E-state index is 11.5. The Hall–Kier alpha value is -1.10. The SMILES string of the molecule is CCCCN1CC(=O)N(C)C(C(=O)O)C1. The zero-order valence-electron chi connectivity index (χ0n) is 9.27. The van der Waals surface area contributed by atoms with Gasteiger partial charge in [0.05, 0.1) is 6.54 Å². The summed E-state index contributed by atoms with van der Waals surface area (Å²) in [6, 6.07) is -0.692. The van der Waals surface area contributed by atoms with E-state index in [0.717, 1.165) is 19.4 Å². The van der Waals surface area contributed by atoms with E-state index >= 15 is 0 Å². The molecule has 1 rings (SSSR count). The molecule has 1 fully saturated rings. The van der Waals surface area contributed by atoms with E-state index in [9.17, 15) is 9.59 Å². The normalized spacial score (nSPS) is 23.2. The Kier molecular flexibility index (Phi) is 4.08. The molecule has 0 aromatic carbocycles. The number of hydrogen-bond acceptors (Lipinski definition) is 3. The molecular weight excluding hydrogens is 196 g/mol. The molecule has 1 heterocycles. The fourth-order valence-corrected chi connectivity index (χ4v) is 1.70. The lowest BCUT2D eigenvalue weighted by atomic mass is 10.1. The molecule has 1 aliphatic heterocycles. The molecule has 15 heavy (non-hydrogen) atoms. The van der Waals surface area contributed by atoms with E-state index in [1.54, 1.807) is 7.05 Å². The summed E-state index contributed by atoms with van der Waals surface area (Å²) in [5.74, 6) is -1.03. The van der Waals surface area contributed by atoms with Crippen molar-refractivity contribution in [3.05, 3.63) is 0 Å². The number of carbonyl (C=O) groups excluding carboxylic acids is 1. The zero-order chi connectivity index (χ0) is 11.4. The molecule has 0 saturated carbocycles. The zero-order valence-corrected chi connectivity index (χ0v) is 9.27. The van der Waals surface area contributed by atoms with Gasteiger partial charge in [-0.05, 0) is 13.0 Å². The highest BCUT2D eigenvalue weighted by atomic mass is 16.4. The fraction of sp³-hybridized carbons (Fsp3) is 0.800. The molecule has 0 bridgehead atoms. The first kappa shape index (κ1) is 12.0. The Morgan fingerprint density at radius 3 is 2.80 bits per heavy atom. The number of carboxylic acid groups (broad SMARTS) is 1. The van der Waals surface area contributed by atoms with Gasteiger partial charge in [0.25, 0.3) is 0 Å². The maximum Gasteiger partial charge on any atom is 0.327 e. The van der Waals surface area contributed by atoms with Crippen LogP contribution in [0.4, 0.5) is 0 Å². The summed E-state index contributed by atoms with van der Waals surface area (Å²) in [4.78, 5) is 25.7. The van der Waals surface area contributed by atoms with Crippen LogP contribution in [0.25, 0.3) is 0 Å². The molecule has 1 saturated heterocycles. The van der Waals surface area contributed by atoms with Crippen molar-refractivity contribution < 1.29 is 14.7 Å². The first-order valence-electron chi connectivity index (χ1n) is 5.27. The monoisotopic (exact) mass is 214 g/mol. The Balaban J connectivity index is 2.58. The van der Waals surface area contributed by atoms with Gasteiger partial charge in [0.15, 0.2) is 0 Å². The Morgan fingerprint density at radius 2 is 2.27 bits per heavy atom. The van der Waals surface area contributed by atoms with Crippen LogP contribution < -0.4 is 0 Å². The minimum Gasteiger partial charge on any atom is -0.480 e. The van der Waals surface area contributed by atoms with Crippen molar-refractivity contribution in [2.45, 2.75) is 25.8 Å². The van der Waals surface area contributed by atoms with Crippen LogP contribution in [0.3, 0.4) is 0 Å². The van der Waals surface area contributed by atoms with Crippen molar-refractivity contribution in [3.8, 4) is 0 Å². The molecule has 0 aromatic heterocycles. The number of nitrogens with zero attached hydrogens (tertiary/aromatic N) is 2. The molecule has 86 valence electrons. The van der Waals surface area contributed by atoms with Gasteiger partial charge >= 0.3 is 5.97 Å². The van der Waals surface area contributed by atoms with E-state index in [4.69, 9.17) is 5.11 Å². The number of likely N-dealkylation sites (N-methyl/N-ethyl adjacent to an activating group) is 1. The van der Waals surface area contributed by atoms with Crippen LogP contribution in [0.15, 0.2) is 0 Å². The summed E-state index contributed by atoms with van der Waals surface area (Å²) < 4.78 is 0. The van der Waals surface area contributed by atoms with Gasteiger partial charge < -0.3 is 10.0 Å². The highest BCUT2D eigenvalue weighted by Gasteiger charge is 2.33. The van der Waals surface area contributed by atoms with Crippen LogP contribution in [0.1, 0.15) is 19.8 Å². The van der Waals surface area contributed by atoms with Gasteiger partial charge in [-0.15, -0.1) is 0 Å². The summed E-state index contributed by atoms with van der Waals surface area (Å²) in [5, 5.41) is 8.95. The molecule has 1 N–H and O–H groups in total. The Morgan fingerprint density at radius 1 is 1.60 bits per heavy atom. The van der Waals surface area contributed by atoms with Gasteiger partial charge in [0, 0.05) is 13.6 Å². The largest absolute Gasteiger partial charge is 0.480 e. The Bertz CT molecular complexity index is 255. The Labute approximate surface area is 89.7 Å². The highest BCUT2D eigenvalue weighted by molar-refractivity contribution is 5.86. The second-order valence-electron chi connectivity index (χ2n) is 3.95. The average molecular weight is 214 g/mol. The van der Waals surface area contributed by atoms with Crippen molar-refractivity contribution in [1.29, 1.82) is 0 Å². The van der Waals surface area contributed by atoms with E-state index in [2.05, 4.69) is 6.92 Å². The highest BCUT2D eigenvalue weighted by Crippen LogP contribution is 2.10. The third kappa shape index (κ3) is 2.92. The van der Waals surface area contributed by atoms with Gasteiger partial charge in [-0.2, -0.15) is 0 Å². The molecule has 1 unspecified atom stereocenters. The lowest BCUT2D eigenvalue weighted by Crippen LogP contribution is -2.57. The van der Waals surface area contributed by atoms with Crippen LogP contribution in [0.2, 0.25) is 0 Å². The lowest BCUT2D eigenvalue weighted by Gasteiger charge is -2.36. The molecule has 1 atom stereocenters. The lowest BCUT2D eigenvalue weighted by molar-refractivity contribution is -0.154. The summed E-state index contributed by atoms with van der Waals surface area (Å²) in [6.45, 7) is 3.67. The van der Waals surface area contributed by atoms with Gasteiger partial charge in [-0.3, -0.25) is 9.69 Å². The van der Waals surface area contributed by atoms with Gasteiger partial charge in [0.2, 0.25) is 5.91 Å². The van der Waals surface area contributed by atoms with E-state index in [0.29, 0.717) is 13.1 Å². The van der Waals surface area contributed by atoms with E-state index in [1.807, 2.05) is 4.90 Å². The van der Waals surface area contributed by atoms with Crippen LogP contribution in [-0.2, 0) is 9.59 Å². The van der Waals surface area contributed by atoms with E-state index in [-0.39, 0.29) is 5.91 Å². The molecule has 5 heteroatoms. The standard InChI is InChI=1S/C10H18N2O3/c1-3-4-5-12-6-8(10(14)15)11(2)9(13)7-12/h8H,3-7H2,1-2H3,(H,14,15).